The van der Waals surface area contributed by atoms with Gasteiger partial charge in [0.15, 0.2) is 0 Å². The molecular formula is C12H12F4N2O. The van der Waals surface area contributed by atoms with Crippen molar-refractivity contribution in [2.75, 3.05) is 5.32 Å². The highest BCUT2D eigenvalue weighted by molar-refractivity contribution is 5.90. The molecule has 0 saturated heterocycles. The van der Waals surface area contributed by atoms with E-state index in [2.05, 4.69) is 5.32 Å². The number of urea groups is 1. The molecule has 1 fully saturated rings. The Kier molecular flexibility index (Phi) is 3.64. The Balaban J connectivity index is 2.16. The first kappa shape index (κ1) is 13.6. The SMILES string of the molecule is O=C(Nc1c(F)cccc1C(F)(F)F)NC1CCC1. The van der Waals surface area contributed by atoms with Gasteiger partial charge < -0.3 is 10.6 Å². The van der Waals surface area contributed by atoms with Crippen molar-refractivity contribution < 1.29 is 22.4 Å². The van der Waals surface area contributed by atoms with Crippen molar-refractivity contribution in [1.82, 2.24) is 5.32 Å². The molecular weight excluding hydrogens is 264 g/mol. The van der Waals surface area contributed by atoms with Crippen molar-refractivity contribution in [1.29, 1.82) is 0 Å². The molecule has 1 saturated carbocycles. The van der Waals surface area contributed by atoms with Gasteiger partial charge in [-0.25, -0.2) is 9.18 Å². The van der Waals surface area contributed by atoms with Gasteiger partial charge in [-0.2, -0.15) is 13.2 Å². The maximum atomic E-state index is 13.4. The molecule has 0 atom stereocenters. The van der Waals surface area contributed by atoms with Gasteiger partial charge in [-0.1, -0.05) is 6.07 Å². The van der Waals surface area contributed by atoms with Gasteiger partial charge in [0, 0.05) is 6.04 Å². The van der Waals surface area contributed by atoms with Crippen LogP contribution < -0.4 is 10.6 Å². The predicted molar refractivity (Wildman–Crippen MR) is 61.2 cm³/mol. The second-order valence-corrected chi connectivity index (χ2v) is 4.39. The Morgan fingerprint density at radius 2 is 1.95 bits per heavy atom. The van der Waals surface area contributed by atoms with Crippen LogP contribution in [0.1, 0.15) is 24.8 Å². The molecule has 0 heterocycles. The van der Waals surface area contributed by atoms with Crippen LogP contribution in [0.2, 0.25) is 0 Å². The third-order valence-corrected chi connectivity index (χ3v) is 3.00. The fourth-order valence-electron chi connectivity index (χ4n) is 1.78. The van der Waals surface area contributed by atoms with E-state index >= 15 is 0 Å². The second-order valence-electron chi connectivity index (χ2n) is 4.39. The fourth-order valence-corrected chi connectivity index (χ4v) is 1.78. The van der Waals surface area contributed by atoms with Gasteiger partial charge in [0.1, 0.15) is 5.82 Å². The van der Waals surface area contributed by atoms with Gasteiger partial charge in [-0.3, -0.25) is 0 Å². The summed E-state index contributed by atoms with van der Waals surface area (Å²) in [6.07, 6.45) is -2.17. The van der Waals surface area contributed by atoms with Crippen LogP contribution in [0, 0.1) is 5.82 Å². The normalized spacial score (nSPS) is 15.8. The Bertz CT molecular complexity index is 483. The lowest BCUT2D eigenvalue weighted by molar-refractivity contribution is -0.137. The summed E-state index contributed by atoms with van der Waals surface area (Å²) in [5.74, 6) is -1.11. The number of para-hydroxylation sites is 1. The molecule has 104 valence electrons. The van der Waals surface area contributed by atoms with E-state index in [1.54, 1.807) is 0 Å². The molecule has 2 N–H and O–H groups in total. The maximum Gasteiger partial charge on any atom is 0.418 e. The molecule has 7 heteroatoms. The van der Waals surface area contributed by atoms with Crippen molar-refractivity contribution in [3.8, 4) is 0 Å². The molecule has 1 aliphatic rings. The number of halogens is 4. The molecule has 0 unspecified atom stereocenters. The van der Waals surface area contributed by atoms with Crippen molar-refractivity contribution in [2.24, 2.45) is 0 Å². The fraction of sp³-hybridized carbons (Fsp3) is 0.417. The first-order valence-corrected chi connectivity index (χ1v) is 5.81. The average molecular weight is 276 g/mol. The second kappa shape index (κ2) is 5.07. The zero-order valence-corrected chi connectivity index (χ0v) is 9.85. The van der Waals surface area contributed by atoms with Crippen molar-refractivity contribution in [2.45, 2.75) is 31.5 Å². The highest BCUT2D eigenvalue weighted by atomic mass is 19.4. The standard InChI is InChI=1S/C12H12F4N2O/c13-9-6-2-5-8(12(14,15)16)10(9)18-11(19)17-7-3-1-4-7/h2,5-7H,1,3-4H2,(H2,17,18,19). The van der Waals surface area contributed by atoms with E-state index in [0.29, 0.717) is 0 Å². The van der Waals surface area contributed by atoms with Crippen LogP contribution in [-0.4, -0.2) is 12.1 Å². The first-order valence-electron chi connectivity index (χ1n) is 5.81. The van der Waals surface area contributed by atoms with E-state index in [1.165, 1.54) is 0 Å². The van der Waals surface area contributed by atoms with Gasteiger partial charge in [0.05, 0.1) is 11.3 Å². The van der Waals surface area contributed by atoms with Gasteiger partial charge in [-0.05, 0) is 31.4 Å². The van der Waals surface area contributed by atoms with Crippen LogP contribution >= 0.6 is 0 Å². The number of rotatable bonds is 2. The number of amides is 2. The molecule has 19 heavy (non-hydrogen) atoms. The average Bonchev–Trinajstić information content (AvgIpc) is 2.25. The molecule has 0 bridgehead atoms. The number of alkyl halides is 3. The number of benzene rings is 1. The van der Waals surface area contributed by atoms with Gasteiger partial charge in [0.2, 0.25) is 0 Å². The third kappa shape index (κ3) is 3.15. The highest BCUT2D eigenvalue weighted by Gasteiger charge is 2.35. The lowest BCUT2D eigenvalue weighted by Gasteiger charge is -2.26. The quantitative estimate of drug-likeness (QED) is 0.797. The van der Waals surface area contributed by atoms with Crippen molar-refractivity contribution >= 4 is 11.7 Å². The van der Waals surface area contributed by atoms with E-state index in [1.807, 2.05) is 5.32 Å². The molecule has 0 radical (unpaired) electrons. The minimum absolute atomic E-state index is 0.0406. The summed E-state index contributed by atoms with van der Waals surface area (Å²) in [7, 11) is 0. The summed E-state index contributed by atoms with van der Waals surface area (Å²) in [6, 6.07) is 1.69. The van der Waals surface area contributed by atoms with Gasteiger partial charge >= 0.3 is 12.2 Å². The lowest BCUT2D eigenvalue weighted by atomic mass is 9.93. The molecule has 2 rings (SSSR count). The van der Waals surface area contributed by atoms with Crippen molar-refractivity contribution in [3.63, 3.8) is 0 Å². The molecule has 0 aliphatic heterocycles. The largest absolute Gasteiger partial charge is 0.418 e. The molecule has 3 nitrogen and oxygen atoms in total. The van der Waals surface area contributed by atoms with E-state index in [-0.39, 0.29) is 6.04 Å². The number of nitrogens with one attached hydrogen (secondary N) is 2. The number of carbonyl (C=O) groups is 1. The van der Waals surface area contributed by atoms with Crippen molar-refractivity contribution in [3.05, 3.63) is 29.6 Å². The van der Waals surface area contributed by atoms with Crippen LogP contribution in [0.5, 0.6) is 0 Å². The van der Waals surface area contributed by atoms with E-state index in [4.69, 9.17) is 0 Å². The van der Waals surface area contributed by atoms with E-state index in [9.17, 15) is 22.4 Å². The van der Waals surface area contributed by atoms with E-state index < -0.39 is 29.3 Å². The maximum absolute atomic E-state index is 13.4. The van der Waals surface area contributed by atoms with Crippen LogP contribution in [-0.2, 0) is 6.18 Å². The Labute approximate surface area is 107 Å². The summed E-state index contributed by atoms with van der Waals surface area (Å²) in [5, 5.41) is 4.43. The molecule has 1 aromatic carbocycles. The molecule has 1 aromatic rings. The lowest BCUT2D eigenvalue weighted by Crippen LogP contribution is -2.42. The molecule has 2 amide bonds. The summed E-state index contributed by atoms with van der Waals surface area (Å²) in [5.41, 5.74) is -2.04. The summed E-state index contributed by atoms with van der Waals surface area (Å²) >= 11 is 0. The smallest absolute Gasteiger partial charge is 0.335 e. The van der Waals surface area contributed by atoms with E-state index in [0.717, 1.165) is 37.5 Å². The monoisotopic (exact) mass is 276 g/mol. The zero-order valence-electron chi connectivity index (χ0n) is 9.85. The topological polar surface area (TPSA) is 41.1 Å². The van der Waals surface area contributed by atoms with Crippen LogP contribution in [0.3, 0.4) is 0 Å². The molecule has 0 spiro atoms. The number of anilines is 1. The summed E-state index contributed by atoms with van der Waals surface area (Å²) in [4.78, 5) is 11.5. The minimum atomic E-state index is -4.72. The zero-order chi connectivity index (χ0) is 14.0. The molecule has 1 aliphatic carbocycles. The Morgan fingerprint density at radius 3 is 2.47 bits per heavy atom. The summed E-state index contributed by atoms with van der Waals surface area (Å²) in [6.45, 7) is 0. The third-order valence-electron chi connectivity index (χ3n) is 3.00. The first-order chi connectivity index (χ1) is 8.88. The highest BCUT2D eigenvalue weighted by Crippen LogP contribution is 2.36. The Hall–Kier alpha value is -1.79. The number of hydrogen-bond donors (Lipinski definition) is 2. The predicted octanol–water partition coefficient (Wildman–Crippen LogP) is 3.52. The minimum Gasteiger partial charge on any atom is -0.335 e. The van der Waals surface area contributed by atoms with Crippen LogP contribution in [0.25, 0.3) is 0 Å². The van der Waals surface area contributed by atoms with Crippen LogP contribution in [0.15, 0.2) is 18.2 Å². The molecule has 0 aromatic heterocycles. The van der Waals surface area contributed by atoms with Gasteiger partial charge in [0.25, 0.3) is 0 Å². The number of carbonyl (C=O) groups excluding carboxylic acids is 1. The summed E-state index contributed by atoms with van der Waals surface area (Å²) < 4.78 is 51.5. The van der Waals surface area contributed by atoms with Crippen LogP contribution in [0.4, 0.5) is 28.0 Å². The van der Waals surface area contributed by atoms with Gasteiger partial charge in [-0.15, -0.1) is 0 Å². The Morgan fingerprint density at radius 1 is 1.26 bits per heavy atom. The number of hydrogen-bond acceptors (Lipinski definition) is 1.